The van der Waals surface area contributed by atoms with E-state index < -0.39 is 0 Å². The summed E-state index contributed by atoms with van der Waals surface area (Å²) in [5, 5.41) is 11.2. The molecule has 4 rings (SSSR count). The highest BCUT2D eigenvalue weighted by Crippen LogP contribution is 2.35. The Morgan fingerprint density at radius 1 is 1.29 bits per heavy atom. The van der Waals surface area contributed by atoms with Crippen LogP contribution in [0.3, 0.4) is 0 Å². The van der Waals surface area contributed by atoms with Crippen molar-refractivity contribution in [1.29, 1.82) is 0 Å². The second-order valence-corrected chi connectivity index (χ2v) is 7.30. The summed E-state index contributed by atoms with van der Waals surface area (Å²) in [4.78, 5) is 8.05. The predicted molar refractivity (Wildman–Crippen MR) is 96.2 cm³/mol. The molecule has 0 bridgehead atoms. The van der Waals surface area contributed by atoms with Gasteiger partial charge >= 0.3 is 0 Å². The molecule has 0 aliphatic carbocycles. The van der Waals surface area contributed by atoms with E-state index in [9.17, 15) is 5.11 Å². The van der Waals surface area contributed by atoms with E-state index in [4.69, 9.17) is 4.42 Å². The van der Waals surface area contributed by atoms with Crippen molar-refractivity contribution in [1.82, 2.24) is 4.98 Å². The fourth-order valence-corrected chi connectivity index (χ4v) is 4.09. The van der Waals surface area contributed by atoms with Gasteiger partial charge in [-0.1, -0.05) is 18.2 Å². The van der Waals surface area contributed by atoms with Gasteiger partial charge in [-0.15, -0.1) is 11.3 Å². The summed E-state index contributed by atoms with van der Waals surface area (Å²) in [6.45, 7) is 3.69. The average molecular weight is 340 g/mol. The van der Waals surface area contributed by atoms with Crippen molar-refractivity contribution in [2.45, 2.75) is 32.4 Å². The van der Waals surface area contributed by atoms with E-state index in [0.717, 1.165) is 53.7 Å². The van der Waals surface area contributed by atoms with Crippen molar-refractivity contribution in [3.63, 3.8) is 0 Å². The highest BCUT2D eigenvalue weighted by Gasteiger charge is 2.21. The number of aliphatic hydroxyl groups excluding tert-OH is 1. The molecule has 1 N–H and O–H groups in total. The molecule has 0 radical (unpaired) electrons. The van der Waals surface area contributed by atoms with Crippen LogP contribution in [-0.4, -0.2) is 16.6 Å². The Labute approximate surface area is 145 Å². The summed E-state index contributed by atoms with van der Waals surface area (Å²) in [6.07, 6.45) is 3.36. The molecule has 0 fully saturated rings. The third-order valence-electron chi connectivity index (χ3n) is 4.39. The normalized spacial score (nSPS) is 17.6. The van der Waals surface area contributed by atoms with Crippen LogP contribution in [0.1, 0.15) is 35.1 Å². The van der Waals surface area contributed by atoms with E-state index in [0.29, 0.717) is 0 Å². The maximum absolute atomic E-state index is 10.3. The minimum Gasteiger partial charge on any atom is -0.459 e. The number of hydrogen-bond donors (Lipinski definition) is 1. The van der Waals surface area contributed by atoms with Crippen molar-refractivity contribution in [3.8, 4) is 10.8 Å². The molecule has 3 heterocycles. The molecule has 3 aromatic rings. The zero-order valence-corrected chi connectivity index (χ0v) is 14.4. The summed E-state index contributed by atoms with van der Waals surface area (Å²) < 4.78 is 5.66. The monoisotopic (exact) mass is 340 g/mol. The number of furan rings is 1. The first-order chi connectivity index (χ1) is 11.7. The first kappa shape index (κ1) is 15.4. The minimum atomic E-state index is -0.366. The van der Waals surface area contributed by atoms with Crippen molar-refractivity contribution >= 4 is 17.0 Å². The SMILES string of the molecule is Cc1ccc(-c2ncc(CN3CCCC(O)c4ccccc43)s2)o1. The minimum absolute atomic E-state index is 0.366. The van der Waals surface area contributed by atoms with E-state index in [1.54, 1.807) is 11.3 Å². The summed E-state index contributed by atoms with van der Waals surface area (Å²) in [5.41, 5.74) is 2.16. The van der Waals surface area contributed by atoms with Gasteiger partial charge in [0.1, 0.15) is 5.76 Å². The first-order valence-corrected chi connectivity index (χ1v) is 9.06. The summed E-state index contributed by atoms with van der Waals surface area (Å²) >= 11 is 1.67. The number of hydrogen-bond acceptors (Lipinski definition) is 5. The molecule has 2 aromatic heterocycles. The van der Waals surface area contributed by atoms with Crippen LogP contribution < -0.4 is 4.90 Å². The molecule has 1 aliphatic heterocycles. The third-order valence-corrected chi connectivity index (χ3v) is 5.39. The lowest BCUT2D eigenvalue weighted by Gasteiger charge is -2.24. The quantitative estimate of drug-likeness (QED) is 0.760. The molecule has 24 heavy (non-hydrogen) atoms. The summed E-state index contributed by atoms with van der Waals surface area (Å²) in [5.74, 6) is 1.73. The van der Waals surface area contributed by atoms with Gasteiger partial charge in [-0.05, 0) is 38.0 Å². The van der Waals surface area contributed by atoms with Gasteiger partial charge in [0, 0.05) is 28.9 Å². The average Bonchev–Trinajstić information content (AvgIpc) is 3.19. The van der Waals surface area contributed by atoms with Gasteiger partial charge in [0.25, 0.3) is 0 Å². The van der Waals surface area contributed by atoms with Crippen molar-refractivity contribution in [2.24, 2.45) is 0 Å². The Hall–Kier alpha value is -2.11. The number of rotatable bonds is 3. The molecule has 5 heteroatoms. The van der Waals surface area contributed by atoms with Crippen LogP contribution >= 0.6 is 11.3 Å². The first-order valence-electron chi connectivity index (χ1n) is 8.24. The van der Waals surface area contributed by atoms with Gasteiger partial charge in [-0.2, -0.15) is 0 Å². The molecule has 0 saturated heterocycles. The lowest BCUT2D eigenvalue weighted by molar-refractivity contribution is 0.168. The van der Waals surface area contributed by atoms with Gasteiger partial charge < -0.3 is 14.4 Å². The van der Waals surface area contributed by atoms with Gasteiger partial charge in [0.2, 0.25) is 0 Å². The molecule has 1 atom stereocenters. The number of thiazole rings is 1. The van der Waals surface area contributed by atoms with Gasteiger partial charge in [-0.25, -0.2) is 4.98 Å². The molecule has 1 aromatic carbocycles. The fourth-order valence-electron chi connectivity index (χ4n) is 3.21. The smallest absolute Gasteiger partial charge is 0.162 e. The highest BCUT2D eigenvalue weighted by molar-refractivity contribution is 7.14. The van der Waals surface area contributed by atoms with Crippen LogP contribution in [0.25, 0.3) is 10.8 Å². The zero-order valence-electron chi connectivity index (χ0n) is 13.6. The molecular formula is C19H20N2O2S. The number of aliphatic hydroxyl groups is 1. The topological polar surface area (TPSA) is 49.5 Å². The van der Waals surface area contributed by atoms with Crippen LogP contribution in [0.5, 0.6) is 0 Å². The molecule has 0 spiro atoms. The number of para-hydroxylation sites is 1. The number of nitrogens with zero attached hydrogens (tertiary/aromatic N) is 2. The Bertz CT molecular complexity index is 839. The molecule has 0 saturated carbocycles. The van der Waals surface area contributed by atoms with E-state index in [-0.39, 0.29) is 6.10 Å². The van der Waals surface area contributed by atoms with Gasteiger partial charge in [-0.3, -0.25) is 0 Å². The predicted octanol–water partition coefficient (Wildman–Crippen LogP) is 4.55. The summed E-state index contributed by atoms with van der Waals surface area (Å²) in [7, 11) is 0. The standard InChI is InChI=1S/C19H20N2O2S/c1-13-8-9-18(23-13)19-20-11-14(24-19)12-21-10-4-7-17(22)15-5-2-3-6-16(15)21/h2-3,5-6,8-9,11,17,22H,4,7,10,12H2,1H3. The molecule has 1 unspecified atom stereocenters. The van der Waals surface area contributed by atoms with E-state index >= 15 is 0 Å². The summed E-state index contributed by atoms with van der Waals surface area (Å²) in [6, 6.07) is 12.1. The molecule has 0 amide bonds. The second-order valence-electron chi connectivity index (χ2n) is 6.18. The van der Waals surface area contributed by atoms with Gasteiger partial charge in [0.15, 0.2) is 10.8 Å². The molecule has 4 nitrogen and oxygen atoms in total. The Morgan fingerprint density at radius 2 is 2.17 bits per heavy atom. The lowest BCUT2D eigenvalue weighted by atomic mass is 10.0. The van der Waals surface area contributed by atoms with E-state index in [1.807, 2.05) is 43.5 Å². The van der Waals surface area contributed by atoms with Crippen LogP contribution in [0, 0.1) is 6.92 Å². The molecular weight excluding hydrogens is 320 g/mol. The number of aromatic nitrogens is 1. The fraction of sp³-hybridized carbons (Fsp3) is 0.316. The Morgan fingerprint density at radius 3 is 3.00 bits per heavy atom. The molecule has 124 valence electrons. The second kappa shape index (κ2) is 6.42. The van der Waals surface area contributed by atoms with Crippen LogP contribution in [0.15, 0.2) is 47.0 Å². The maximum atomic E-state index is 10.3. The number of anilines is 1. The van der Waals surface area contributed by atoms with Crippen LogP contribution in [0.4, 0.5) is 5.69 Å². The number of aryl methyl sites for hydroxylation is 1. The van der Waals surface area contributed by atoms with Crippen molar-refractivity contribution < 1.29 is 9.52 Å². The van der Waals surface area contributed by atoms with Gasteiger partial charge in [0.05, 0.1) is 12.6 Å². The highest BCUT2D eigenvalue weighted by atomic mass is 32.1. The lowest BCUT2D eigenvalue weighted by Crippen LogP contribution is -2.22. The Balaban J connectivity index is 1.59. The van der Waals surface area contributed by atoms with Crippen LogP contribution in [0.2, 0.25) is 0 Å². The van der Waals surface area contributed by atoms with Crippen LogP contribution in [-0.2, 0) is 6.54 Å². The molecule has 1 aliphatic rings. The van der Waals surface area contributed by atoms with E-state index in [2.05, 4.69) is 16.0 Å². The number of benzene rings is 1. The Kier molecular flexibility index (Phi) is 4.12. The van der Waals surface area contributed by atoms with Crippen molar-refractivity contribution in [2.75, 3.05) is 11.4 Å². The van der Waals surface area contributed by atoms with Crippen molar-refractivity contribution in [3.05, 3.63) is 58.8 Å². The third kappa shape index (κ3) is 2.97. The van der Waals surface area contributed by atoms with E-state index in [1.165, 1.54) is 4.88 Å². The maximum Gasteiger partial charge on any atom is 0.162 e. The zero-order chi connectivity index (χ0) is 16.5. The largest absolute Gasteiger partial charge is 0.459 e. The number of fused-ring (bicyclic) bond motifs is 1.